The van der Waals surface area contributed by atoms with Crippen molar-refractivity contribution in [1.29, 1.82) is 0 Å². The normalized spacial score (nSPS) is 21.5. The molecule has 1 aliphatic heterocycles. The molecule has 1 fully saturated rings. The van der Waals surface area contributed by atoms with Gasteiger partial charge in [0, 0.05) is 12.0 Å². The molecule has 0 radical (unpaired) electrons. The third-order valence-electron chi connectivity index (χ3n) is 2.46. The van der Waals surface area contributed by atoms with E-state index in [4.69, 9.17) is 0 Å². The van der Waals surface area contributed by atoms with Gasteiger partial charge >= 0.3 is 0 Å². The molecule has 1 atom stereocenters. The van der Waals surface area contributed by atoms with Crippen LogP contribution in [0.5, 0.6) is 0 Å². The summed E-state index contributed by atoms with van der Waals surface area (Å²) in [7, 11) is 0. The molecule has 2 N–H and O–H groups in total. The molecule has 0 aromatic heterocycles. The minimum absolute atomic E-state index is 0.255. The number of rotatable bonds is 3. The van der Waals surface area contributed by atoms with E-state index in [2.05, 4.69) is 10.6 Å². The predicted molar refractivity (Wildman–Crippen MR) is 62.9 cm³/mol. The first kappa shape index (κ1) is 13.2. The van der Waals surface area contributed by atoms with Crippen LogP contribution < -0.4 is 10.6 Å². The molecule has 1 saturated heterocycles. The number of carbonyl (C=O) groups is 3. The second-order valence-corrected chi connectivity index (χ2v) is 3.72. The van der Waals surface area contributed by atoms with Crippen molar-refractivity contribution in [3.05, 3.63) is 23.8 Å². The zero-order valence-electron chi connectivity index (χ0n) is 9.95. The minimum atomic E-state index is -0.625. The zero-order chi connectivity index (χ0) is 12.8. The smallest absolute Gasteiger partial charge is 0.251 e. The Labute approximate surface area is 100.0 Å². The average Bonchev–Trinajstić information content (AvgIpc) is 2.29. The molecule has 1 heterocycles. The molecular formula is C12H16N2O3. The van der Waals surface area contributed by atoms with Crippen LogP contribution in [0.4, 0.5) is 0 Å². The molecular weight excluding hydrogens is 220 g/mol. The third kappa shape index (κ3) is 3.55. The lowest BCUT2D eigenvalue weighted by Gasteiger charge is -2.21. The van der Waals surface area contributed by atoms with Crippen molar-refractivity contribution in [2.45, 2.75) is 32.7 Å². The van der Waals surface area contributed by atoms with Crippen molar-refractivity contribution in [2.24, 2.45) is 0 Å². The van der Waals surface area contributed by atoms with Crippen molar-refractivity contribution in [2.75, 3.05) is 0 Å². The van der Waals surface area contributed by atoms with Gasteiger partial charge in [0.25, 0.3) is 5.91 Å². The van der Waals surface area contributed by atoms with Gasteiger partial charge in [-0.25, -0.2) is 0 Å². The summed E-state index contributed by atoms with van der Waals surface area (Å²) in [4.78, 5) is 34.1. The van der Waals surface area contributed by atoms with Gasteiger partial charge < -0.3 is 5.32 Å². The molecule has 92 valence electrons. The first-order valence-corrected chi connectivity index (χ1v) is 5.52. The maximum absolute atomic E-state index is 11.8. The lowest BCUT2D eigenvalue weighted by molar-refractivity contribution is -0.136. The molecule has 1 unspecified atom stereocenters. The van der Waals surface area contributed by atoms with Crippen LogP contribution in [0.2, 0.25) is 0 Å². The first-order valence-electron chi connectivity index (χ1n) is 5.52. The Kier molecular flexibility index (Phi) is 4.63. The molecule has 0 aliphatic carbocycles. The first-order chi connectivity index (χ1) is 8.08. The van der Waals surface area contributed by atoms with E-state index < -0.39 is 11.9 Å². The number of carbonyl (C=O) groups excluding carboxylic acids is 3. The Morgan fingerprint density at radius 3 is 2.65 bits per heavy atom. The van der Waals surface area contributed by atoms with Crippen LogP contribution in [-0.2, 0) is 14.4 Å². The number of allylic oxidation sites excluding steroid dienone is 2. The fraction of sp³-hybridized carbons (Fsp3) is 0.417. The molecule has 5 nitrogen and oxygen atoms in total. The Morgan fingerprint density at radius 2 is 2.12 bits per heavy atom. The number of nitrogens with one attached hydrogen (secondary N) is 2. The Balaban J connectivity index is 2.63. The van der Waals surface area contributed by atoms with Crippen LogP contribution >= 0.6 is 0 Å². The van der Waals surface area contributed by atoms with Crippen molar-refractivity contribution >= 4 is 17.7 Å². The van der Waals surface area contributed by atoms with Gasteiger partial charge in [0.05, 0.1) is 0 Å². The number of piperidine rings is 1. The van der Waals surface area contributed by atoms with Crippen LogP contribution in [0, 0.1) is 0 Å². The summed E-state index contributed by atoms with van der Waals surface area (Å²) >= 11 is 0. The monoisotopic (exact) mass is 236 g/mol. The maximum Gasteiger partial charge on any atom is 0.251 e. The molecule has 3 amide bonds. The van der Waals surface area contributed by atoms with Gasteiger partial charge in [-0.15, -0.1) is 0 Å². The van der Waals surface area contributed by atoms with E-state index in [1.165, 1.54) is 0 Å². The van der Waals surface area contributed by atoms with Crippen molar-refractivity contribution < 1.29 is 14.4 Å². The Morgan fingerprint density at radius 1 is 1.41 bits per heavy atom. The second kappa shape index (κ2) is 5.98. The maximum atomic E-state index is 11.8. The molecule has 0 aromatic rings. The molecule has 0 saturated carbocycles. The average molecular weight is 236 g/mol. The molecule has 1 aliphatic rings. The SMILES string of the molecule is CC=C/C(=C\C)C(=O)NC1CCC(=O)NC1=O. The van der Waals surface area contributed by atoms with Crippen LogP contribution in [0.3, 0.4) is 0 Å². The van der Waals surface area contributed by atoms with E-state index in [0.29, 0.717) is 12.0 Å². The van der Waals surface area contributed by atoms with E-state index in [9.17, 15) is 14.4 Å². The van der Waals surface area contributed by atoms with Crippen LogP contribution in [0.15, 0.2) is 23.8 Å². The summed E-state index contributed by atoms with van der Waals surface area (Å²) < 4.78 is 0. The van der Waals surface area contributed by atoms with Gasteiger partial charge in [-0.1, -0.05) is 18.2 Å². The number of amides is 3. The number of imide groups is 1. The fourth-order valence-corrected chi connectivity index (χ4v) is 1.56. The highest BCUT2D eigenvalue weighted by Crippen LogP contribution is 2.06. The predicted octanol–water partition coefficient (Wildman–Crippen LogP) is 0.430. The van der Waals surface area contributed by atoms with Crippen LogP contribution in [0.1, 0.15) is 26.7 Å². The van der Waals surface area contributed by atoms with E-state index in [-0.39, 0.29) is 18.2 Å². The summed E-state index contributed by atoms with van der Waals surface area (Å²) in [6.07, 6.45) is 5.69. The van der Waals surface area contributed by atoms with Gasteiger partial charge in [0.1, 0.15) is 6.04 Å². The largest absolute Gasteiger partial charge is 0.340 e. The molecule has 0 bridgehead atoms. The third-order valence-corrected chi connectivity index (χ3v) is 2.46. The van der Waals surface area contributed by atoms with E-state index in [1.807, 2.05) is 6.92 Å². The standard InChI is InChI=1S/C12H16N2O3/c1-3-5-8(4-2)11(16)13-9-6-7-10(15)14-12(9)17/h3-5,9H,6-7H2,1-2H3,(H,13,16)(H,14,15,17)/b5-3?,8-4+. The van der Waals surface area contributed by atoms with Gasteiger partial charge in [-0.3, -0.25) is 19.7 Å². The van der Waals surface area contributed by atoms with Crippen LogP contribution in [0.25, 0.3) is 0 Å². The second-order valence-electron chi connectivity index (χ2n) is 3.72. The molecule has 0 aromatic carbocycles. The molecule has 0 spiro atoms. The Bertz CT molecular complexity index is 397. The van der Waals surface area contributed by atoms with E-state index >= 15 is 0 Å². The van der Waals surface area contributed by atoms with Crippen molar-refractivity contribution in [3.8, 4) is 0 Å². The van der Waals surface area contributed by atoms with Gasteiger partial charge in [-0.2, -0.15) is 0 Å². The minimum Gasteiger partial charge on any atom is -0.340 e. The topological polar surface area (TPSA) is 75.3 Å². The summed E-state index contributed by atoms with van der Waals surface area (Å²) in [5.74, 6) is -1.04. The molecule has 5 heteroatoms. The van der Waals surface area contributed by atoms with Gasteiger partial charge in [0.15, 0.2) is 0 Å². The number of hydrogen-bond acceptors (Lipinski definition) is 3. The summed E-state index contributed by atoms with van der Waals surface area (Å²) in [5, 5.41) is 4.80. The van der Waals surface area contributed by atoms with Gasteiger partial charge in [0.2, 0.25) is 11.8 Å². The van der Waals surface area contributed by atoms with Crippen molar-refractivity contribution in [3.63, 3.8) is 0 Å². The highest BCUT2D eigenvalue weighted by Gasteiger charge is 2.27. The highest BCUT2D eigenvalue weighted by atomic mass is 16.2. The summed E-state index contributed by atoms with van der Waals surface area (Å²) in [6, 6.07) is -0.625. The molecule has 1 rings (SSSR count). The van der Waals surface area contributed by atoms with Gasteiger partial charge in [-0.05, 0) is 20.3 Å². The fourth-order valence-electron chi connectivity index (χ4n) is 1.56. The van der Waals surface area contributed by atoms with Crippen molar-refractivity contribution in [1.82, 2.24) is 10.6 Å². The van der Waals surface area contributed by atoms with E-state index in [1.54, 1.807) is 25.2 Å². The van der Waals surface area contributed by atoms with Crippen LogP contribution in [-0.4, -0.2) is 23.8 Å². The Hall–Kier alpha value is -1.91. The summed E-state index contributed by atoms with van der Waals surface area (Å²) in [5.41, 5.74) is 0.497. The zero-order valence-corrected chi connectivity index (χ0v) is 9.95. The number of hydrogen-bond donors (Lipinski definition) is 2. The summed E-state index contributed by atoms with van der Waals surface area (Å²) in [6.45, 7) is 3.56. The van der Waals surface area contributed by atoms with E-state index in [0.717, 1.165) is 0 Å². The lowest BCUT2D eigenvalue weighted by Crippen LogP contribution is -2.52. The quantitative estimate of drug-likeness (QED) is 0.424. The lowest BCUT2D eigenvalue weighted by atomic mass is 10.1. The molecule has 17 heavy (non-hydrogen) atoms. The highest BCUT2D eigenvalue weighted by molar-refractivity contribution is 6.04.